The molecule has 0 radical (unpaired) electrons. The fourth-order valence-electron chi connectivity index (χ4n) is 4.04. The molecule has 0 amide bonds. The molecule has 0 aliphatic rings. The minimum atomic E-state index is -0.0682. The monoisotopic (exact) mass is 423 g/mol. The predicted molar refractivity (Wildman–Crippen MR) is 124 cm³/mol. The predicted octanol–water partition coefficient (Wildman–Crippen LogP) is 3.90. The van der Waals surface area contributed by atoms with Crippen molar-refractivity contribution in [3.8, 4) is 0 Å². The maximum atomic E-state index is 12.2. The highest BCUT2D eigenvalue weighted by Gasteiger charge is 2.24. The standard InChI is InChI=1S/C26H46NO2.FH/c1-4-7-8-9-10-11-12-13-14-18-22-27(5-2,6-3)23-21-26(28)29-24-25-19-16-15-17-20-25;/h15-17,19-20H,4-14,18,21-24H2,1-3H3;1H/q+1;/p-1. The SMILES string of the molecule is CCCCCCCCCCCC[N+](CC)(CC)CCC(=O)OCc1ccccc1.[F-]. The van der Waals surface area contributed by atoms with Crippen molar-refractivity contribution in [3.05, 3.63) is 35.9 Å². The summed E-state index contributed by atoms with van der Waals surface area (Å²) in [7, 11) is 0. The molecule has 30 heavy (non-hydrogen) atoms. The topological polar surface area (TPSA) is 26.3 Å². The summed E-state index contributed by atoms with van der Waals surface area (Å²) in [4.78, 5) is 12.2. The third-order valence-corrected chi connectivity index (χ3v) is 6.36. The van der Waals surface area contributed by atoms with Crippen LogP contribution < -0.4 is 4.70 Å². The minimum Gasteiger partial charge on any atom is -1.00 e. The highest BCUT2D eigenvalue weighted by molar-refractivity contribution is 5.69. The van der Waals surface area contributed by atoms with Crippen molar-refractivity contribution in [1.29, 1.82) is 0 Å². The number of carbonyl (C=O) groups excluding carboxylic acids is 1. The van der Waals surface area contributed by atoms with Crippen LogP contribution in [0.4, 0.5) is 0 Å². The van der Waals surface area contributed by atoms with Crippen LogP contribution >= 0.6 is 0 Å². The van der Waals surface area contributed by atoms with Crippen molar-refractivity contribution < 1.29 is 18.7 Å². The quantitative estimate of drug-likeness (QED) is 0.203. The molecule has 1 aromatic rings. The maximum Gasteiger partial charge on any atom is 0.311 e. The van der Waals surface area contributed by atoms with E-state index in [9.17, 15) is 4.79 Å². The summed E-state index contributed by atoms with van der Waals surface area (Å²) in [6.45, 7) is 11.5. The van der Waals surface area contributed by atoms with E-state index < -0.39 is 0 Å². The van der Waals surface area contributed by atoms with Crippen LogP contribution in [-0.2, 0) is 16.1 Å². The molecule has 0 bridgehead atoms. The summed E-state index contributed by atoms with van der Waals surface area (Å²) < 4.78 is 6.51. The van der Waals surface area contributed by atoms with Crippen LogP contribution in [0.15, 0.2) is 30.3 Å². The molecular weight excluding hydrogens is 377 g/mol. The van der Waals surface area contributed by atoms with Crippen molar-refractivity contribution >= 4 is 5.97 Å². The fourth-order valence-corrected chi connectivity index (χ4v) is 4.04. The number of esters is 1. The van der Waals surface area contributed by atoms with Crippen molar-refractivity contribution in [2.75, 3.05) is 26.2 Å². The van der Waals surface area contributed by atoms with Crippen LogP contribution in [-0.4, -0.2) is 36.6 Å². The van der Waals surface area contributed by atoms with Gasteiger partial charge in [-0.25, -0.2) is 0 Å². The van der Waals surface area contributed by atoms with Gasteiger partial charge in [-0.05, 0) is 32.3 Å². The van der Waals surface area contributed by atoms with Gasteiger partial charge < -0.3 is 13.9 Å². The van der Waals surface area contributed by atoms with E-state index in [1.165, 1.54) is 70.8 Å². The lowest BCUT2D eigenvalue weighted by Crippen LogP contribution is -3.00. The second-order valence-electron chi connectivity index (χ2n) is 8.50. The van der Waals surface area contributed by atoms with Gasteiger partial charge in [0.25, 0.3) is 0 Å². The number of nitrogens with zero attached hydrogens (tertiary/aromatic N) is 1. The molecule has 0 saturated carbocycles. The Morgan fingerprint density at radius 2 is 1.30 bits per heavy atom. The number of ether oxygens (including phenoxy) is 1. The van der Waals surface area contributed by atoms with E-state index in [4.69, 9.17) is 4.74 Å². The van der Waals surface area contributed by atoms with Crippen LogP contribution in [0.5, 0.6) is 0 Å². The van der Waals surface area contributed by atoms with E-state index >= 15 is 0 Å². The average molecular weight is 424 g/mol. The summed E-state index contributed by atoms with van der Waals surface area (Å²) in [5.41, 5.74) is 1.05. The lowest BCUT2D eigenvalue weighted by molar-refractivity contribution is -0.924. The molecule has 1 rings (SSSR count). The van der Waals surface area contributed by atoms with Crippen LogP contribution in [0, 0.1) is 0 Å². The zero-order valence-corrected chi connectivity index (χ0v) is 19.8. The van der Waals surface area contributed by atoms with E-state index in [2.05, 4.69) is 20.8 Å². The van der Waals surface area contributed by atoms with Crippen LogP contribution in [0.3, 0.4) is 0 Å². The number of unbranched alkanes of at least 4 members (excludes halogenated alkanes) is 9. The molecule has 0 heterocycles. The molecule has 0 spiro atoms. The van der Waals surface area contributed by atoms with E-state index in [0.717, 1.165) is 29.7 Å². The number of halogens is 1. The third-order valence-electron chi connectivity index (χ3n) is 6.36. The summed E-state index contributed by atoms with van der Waals surface area (Å²) in [6, 6.07) is 9.93. The first-order chi connectivity index (χ1) is 14.2. The summed E-state index contributed by atoms with van der Waals surface area (Å²) in [6.07, 6.45) is 14.2. The minimum absolute atomic E-state index is 0. The zero-order valence-electron chi connectivity index (χ0n) is 19.8. The van der Waals surface area contributed by atoms with Gasteiger partial charge in [-0.3, -0.25) is 4.79 Å². The van der Waals surface area contributed by atoms with Crippen molar-refractivity contribution in [3.63, 3.8) is 0 Å². The lowest BCUT2D eigenvalue weighted by Gasteiger charge is -2.36. The van der Waals surface area contributed by atoms with E-state index in [1.54, 1.807) is 0 Å². The molecule has 0 aliphatic heterocycles. The van der Waals surface area contributed by atoms with E-state index in [0.29, 0.717) is 13.0 Å². The van der Waals surface area contributed by atoms with Gasteiger partial charge >= 0.3 is 5.97 Å². The summed E-state index contributed by atoms with van der Waals surface area (Å²) >= 11 is 0. The summed E-state index contributed by atoms with van der Waals surface area (Å²) in [5, 5.41) is 0. The Morgan fingerprint density at radius 1 is 0.767 bits per heavy atom. The second kappa shape index (κ2) is 18.4. The Morgan fingerprint density at radius 3 is 1.83 bits per heavy atom. The first-order valence-electron chi connectivity index (χ1n) is 12.2. The van der Waals surface area contributed by atoms with Crippen molar-refractivity contribution in [2.45, 2.75) is 98.0 Å². The van der Waals surface area contributed by atoms with Crippen molar-refractivity contribution in [1.82, 2.24) is 0 Å². The Labute approximate surface area is 185 Å². The first kappa shape index (κ1) is 28.6. The molecular formula is C26H46FNO2. The van der Waals surface area contributed by atoms with Gasteiger partial charge in [-0.15, -0.1) is 0 Å². The number of quaternary nitrogens is 1. The molecule has 0 saturated heterocycles. The van der Waals surface area contributed by atoms with Gasteiger partial charge in [0.15, 0.2) is 0 Å². The van der Waals surface area contributed by atoms with Gasteiger partial charge in [0.05, 0.1) is 32.6 Å². The smallest absolute Gasteiger partial charge is 0.311 e. The highest BCUT2D eigenvalue weighted by Crippen LogP contribution is 2.15. The molecule has 3 nitrogen and oxygen atoms in total. The molecule has 0 aromatic heterocycles. The Balaban J connectivity index is 0.00000841. The van der Waals surface area contributed by atoms with Crippen LogP contribution in [0.2, 0.25) is 0 Å². The molecule has 0 aliphatic carbocycles. The zero-order chi connectivity index (χ0) is 21.2. The molecule has 0 unspecified atom stereocenters. The molecule has 0 atom stereocenters. The van der Waals surface area contributed by atoms with Gasteiger partial charge in [0.1, 0.15) is 6.61 Å². The van der Waals surface area contributed by atoms with E-state index in [1.807, 2.05) is 30.3 Å². The molecule has 1 aromatic carbocycles. The number of hydrogen-bond donors (Lipinski definition) is 0. The fraction of sp³-hybridized carbons (Fsp3) is 0.731. The molecule has 0 N–H and O–H groups in total. The van der Waals surface area contributed by atoms with Crippen LogP contribution in [0.1, 0.15) is 97.0 Å². The Kier molecular flexibility index (Phi) is 17.5. The number of carbonyl (C=O) groups is 1. The van der Waals surface area contributed by atoms with Gasteiger partial charge in [-0.1, -0.05) is 88.6 Å². The van der Waals surface area contributed by atoms with Crippen LogP contribution in [0.25, 0.3) is 0 Å². The molecule has 4 heteroatoms. The highest BCUT2D eigenvalue weighted by atomic mass is 19.0. The molecule has 0 fully saturated rings. The number of hydrogen-bond acceptors (Lipinski definition) is 2. The largest absolute Gasteiger partial charge is 1.00 e. The third kappa shape index (κ3) is 13.0. The van der Waals surface area contributed by atoms with E-state index in [-0.39, 0.29) is 10.7 Å². The number of benzene rings is 1. The van der Waals surface area contributed by atoms with Gasteiger partial charge in [0, 0.05) is 0 Å². The Hall–Kier alpha value is -1.42. The van der Waals surface area contributed by atoms with Crippen molar-refractivity contribution in [2.24, 2.45) is 0 Å². The van der Waals surface area contributed by atoms with Gasteiger partial charge in [-0.2, -0.15) is 0 Å². The average Bonchev–Trinajstić information content (AvgIpc) is 2.76. The Bertz CT molecular complexity index is 517. The lowest BCUT2D eigenvalue weighted by atomic mass is 10.1. The normalized spacial score (nSPS) is 11.2. The number of rotatable bonds is 18. The second-order valence-corrected chi connectivity index (χ2v) is 8.50. The van der Waals surface area contributed by atoms with Gasteiger partial charge in [0.2, 0.25) is 0 Å². The maximum absolute atomic E-state index is 12.2. The molecule has 174 valence electrons. The summed E-state index contributed by atoms with van der Waals surface area (Å²) in [5.74, 6) is -0.0682. The first-order valence-corrected chi connectivity index (χ1v) is 12.2.